The van der Waals surface area contributed by atoms with Gasteiger partial charge in [0.2, 0.25) is 10.0 Å². The molecule has 2 fully saturated rings. The zero-order valence-electron chi connectivity index (χ0n) is 38.2. The zero-order chi connectivity index (χ0) is 45.2. The van der Waals surface area contributed by atoms with Gasteiger partial charge in [-0.25, -0.2) is 22.7 Å². The van der Waals surface area contributed by atoms with Gasteiger partial charge in [0.15, 0.2) is 5.82 Å². The fraction of sp³-hybridized carbons (Fsp3) is 0.327. The molecule has 0 atom stereocenters. The van der Waals surface area contributed by atoms with E-state index in [1.165, 1.54) is 70.5 Å². The molecule has 5 aromatic heterocycles. The smallest absolute Gasteiger partial charge is 0.242 e. The summed E-state index contributed by atoms with van der Waals surface area (Å²) in [6, 6.07) is 13.5. The maximum absolute atomic E-state index is 12.3. The lowest BCUT2D eigenvalue weighted by Gasteiger charge is -2.35. The summed E-state index contributed by atoms with van der Waals surface area (Å²) in [6.07, 6.45) is 25.8. The summed E-state index contributed by atoms with van der Waals surface area (Å²) in [5.74, 6) is 1.72. The van der Waals surface area contributed by atoms with E-state index in [9.17, 15) is 8.42 Å². The van der Waals surface area contributed by atoms with Crippen LogP contribution in [0.15, 0.2) is 109 Å². The van der Waals surface area contributed by atoms with Gasteiger partial charge in [0, 0.05) is 113 Å². The van der Waals surface area contributed by atoms with Crippen LogP contribution in [0.1, 0.15) is 73.1 Å². The minimum absolute atomic E-state index is 0.294. The number of rotatable bonds is 8. The van der Waals surface area contributed by atoms with E-state index in [2.05, 4.69) is 104 Å². The van der Waals surface area contributed by atoms with Gasteiger partial charge < -0.3 is 9.80 Å². The highest BCUT2D eigenvalue weighted by atomic mass is 32.2. The van der Waals surface area contributed by atoms with Crippen LogP contribution >= 0.6 is 0 Å². The maximum atomic E-state index is 12.3. The van der Waals surface area contributed by atoms with E-state index in [1.807, 2.05) is 37.1 Å². The first-order chi connectivity index (χ1) is 31.4. The second-order valence-corrected chi connectivity index (χ2v) is 20.0. The highest BCUT2D eigenvalue weighted by molar-refractivity contribution is 7.89. The fourth-order valence-corrected chi connectivity index (χ4v) is 10.1. The minimum atomic E-state index is -3.43. The topological polar surface area (TPSA) is 134 Å². The summed E-state index contributed by atoms with van der Waals surface area (Å²) >= 11 is 0. The lowest BCUT2D eigenvalue weighted by atomic mass is 9.95. The third-order valence-electron chi connectivity index (χ3n) is 12.9. The molecule has 11 rings (SSSR count). The number of aromatic nitrogens is 7. The van der Waals surface area contributed by atoms with Crippen molar-refractivity contribution in [2.45, 2.75) is 64.2 Å². The molecule has 12 nitrogen and oxygen atoms in total. The molecule has 0 unspecified atom stereocenters. The number of fused-ring (bicyclic) bond motifs is 3. The fourth-order valence-electron chi connectivity index (χ4n) is 9.14. The van der Waals surface area contributed by atoms with Crippen molar-refractivity contribution in [3.63, 3.8) is 0 Å². The maximum Gasteiger partial charge on any atom is 0.242 e. The van der Waals surface area contributed by atoms with Crippen LogP contribution in [0.3, 0.4) is 0 Å². The molecule has 0 spiro atoms. The number of allylic oxidation sites excluding steroid dienone is 6. The average Bonchev–Trinajstić information content (AvgIpc) is 4.15. The highest BCUT2D eigenvalue weighted by Crippen LogP contribution is 2.34. The van der Waals surface area contributed by atoms with Gasteiger partial charge in [-0.3, -0.25) is 24.9 Å². The van der Waals surface area contributed by atoms with E-state index in [-0.39, 0.29) is 0 Å². The predicted octanol–water partition coefficient (Wildman–Crippen LogP) is 8.66. The van der Waals surface area contributed by atoms with Crippen LogP contribution in [0.25, 0.3) is 50.4 Å². The summed E-state index contributed by atoms with van der Waals surface area (Å²) in [4.78, 5) is 37.0. The Morgan fingerprint density at radius 2 is 1.23 bits per heavy atom. The highest BCUT2D eigenvalue weighted by Gasteiger charge is 2.25. The summed E-state index contributed by atoms with van der Waals surface area (Å²) < 4.78 is 25.7. The van der Waals surface area contributed by atoms with Gasteiger partial charge in [-0.05, 0) is 122 Å². The molecule has 0 amide bonds. The van der Waals surface area contributed by atoms with Crippen LogP contribution in [0.2, 0.25) is 0 Å². The third-order valence-corrected chi connectivity index (χ3v) is 14.7. The van der Waals surface area contributed by atoms with Crippen molar-refractivity contribution in [3.8, 4) is 33.6 Å². The molecule has 13 heteroatoms. The van der Waals surface area contributed by atoms with Crippen LogP contribution in [0.5, 0.6) is 0 Å². The summed E-state index contributed by atoms with van der Waals surface area (Å²) in [6.45, 7) is 10.8. The Bertz CT molecular complexity index is 2970. The van der Waals surface area contributed by atoms with Crippen molar-refractivity contribution < 1.29 is 8.42 Å². The van der Waals surface area contributed by atoms with Gasteiger partial charge in [-0.2, -0.15) is 0 Å². The van der Waals surface area contributed by atoms with Crippen molar-refractivity contribution >= 4 is 32.6 Å². The first kappa shape index (κ1) is 43.9. The van der Waals surface area contributed by atoms with E-state index < -0.39 is 10.0 Å². The van der Waals surface area contributed by atoms with E-state index in [0.717, 1.165) is 114 Å². The normalized spacial score (nSPS) is 16.4. The number of nitrogens with zero attached hydrogens (tertiary/aromatic N) is 10. The molecule has 0 radical (unpaired) electrons. The van der Waals surface area contributed by atoms with Crippen LogP contribution < -0.4 is 4.90 Å². The molecule has 0 N–H and O–H groups in total. The predicted molar refractivity (Wildman–Crippen MR) is 259 cm³/mol. The Hall–Kier alpha value is -6.28. The first-order valence-corrected chi connectivity index (χ1v) is 23.9. The molecule has 2 aliphatic heterocycles. The van der Waals surface area contributed by atoms with E-state index in [1.54, 1.807) is 30.6 Å². The Morgan fingerprint density at radius 3 is 1.85 bits per heavy atom. The van der Waals surface area contributed by atoms with Crippen molar-refractivity contribution in [2.24, 2.45) is 5.92 Å². The zero-order valence-corrected chi connectivity index (χ0v) is 39.0. The van der Waals surface area contributed by atoms with Crippen molar-refractivity contribution in [2.75, 3.05) is 52.2 Å². The van der Waals surface area contributed by atoms with Gasteiger partial charge in [0.1, 0.15) is 5.69 Å². The molecule has 332 valence electrons. The Kier molecular flexibility index (Phi) is 12.6. The number of hydrogen-bond donors (Lipinski definition) is 0. The molecule has 6 aromatic rings. The average molecular weight is 885 g/mol. The molecule has 0 saturated carbocycles. The molecule has 0 bridgehead atoms. The van der Waals surface area contributed by atoms with Gasteiger partial charge in [0.25, 0.3) is 0 Å². The number of pyridine rings is 3. The molecular formula is C52H56N10O2S. The molecular weight excluding hydrogens is 829 g/mol. The monoisotopic (exact) mass is 884 g/mol. The van der Waals surface area contributed by atoms with Crippen LogP contribution in [-0.2, 0) is 35.7 Å². The van der Waals surface area contributed by atoms with E-state index in [4.69, 9.17) is 4.98 Å². The summed E-state index contributed by atoms with van der Waals surface area (Å²) in [5.41, 5.74) is 17.8. The first-order valence-electron chi connectivity index (χ1n) is 22.5. The number of hydrogen-bond acceptors (Lipinski definition) is 11. The molecule has 2 saturated heterocycles. The van der Waals surface area contributed by atoms with Crippen LogP contribution in [0, 0.1) is 5.92 Å². The van der Waals surface area contributed by atoms with Crippen LogP contribution in [-0.4, -0.2) is 99.8 Å². The second kappa shape index (κ2) is 18.7. The van der Waals surface area contributed by atoms with Gasteiger partial charge in [-0.15, -0.1) is 0 Å². The molecule has 65 heavy (non-hydrogen) atoms. The molecule has 7 heterocycles. The van der Waals surface area contributed by atoms with Gasteiger partial charge in [0.05, 0.1) is 39.6 Å². The lowest BCUT2D eigenvalue weighted by Crippen LogP contribution is -2.44. The number of likely N-dealkylation sites (tertiary alicyclic amines) is 1. The van der Waals surface area contributed by atoms with E-state index in [0.29, 0.717) is 4.90 Å². The quantitative estimate of drug-likeness (QED) is 0.145. The third kappa shape index (κ3) is 9.45. The largest absolute Gasteiger partial charge is 0.355 e. The van der Waals surface area contributed by atoms with Crippen molar-refractivity contribution in [1.29, 1.82) is 0 Å². The van der Waals surface area contributed by atoms with Gasteiger partial charge in [-0.1, -0.05) is 30.4 Å². The second-order valence-electron chi connectivity index (χ2n) is 17.9. The van der Waals surface area contributed by atoms with Crippen molar-refractivity contribution in [3.05, 3.63) is 144 Å². The molecule has 5 aliphatic rings. The standard InChI is InChI=1S/C18H20N4.C17H18N4.C17H18N2O2S/c1-12-3-4-17-16(12)6-14(7-20-17)18-9-19-8-15(21-18)5-13-10-22(2)11-13;1-12-4-5-15-14(12)10-13(11-20-15)16-17(19-7-6-18-16)21-8-2-3-9-21;1-12-7-8-17-16(12)10-14(11-18-17)13-5-4-6-15(9-13)22(20,21)19(2)3/h3,6-9,13H,4-5,10-11H2,1-2H3;4,6-7,10-11H,2-3,5,8-9H2,1H3;4-7,9-11H,8H2,1-3H3. The van der Waals surface area contributed by atoms with Crippen molar-refractivity contribution in [1.82, 2.24) is 44.1 Å². The minimum Gasteiger partial charge on any atom is -0.355 e. The van der Waals surface area contributed by atoms with Crippen LogP contribution in [0.4, 0.5) is 5.82 Å². The van der Waals surface area contributed by atoms with E-state index >= 15 is 0 Å². The summed E-state index contributed by atoms with van der Waals surface area (Å²) in [7, 11) is 1.80. The molecule has 1 aromatic carbocycles. The Balaban J connectivity index is 0.000000123. The summed E-state index contributed by atoms with van der Waals surface area (Å²) in [5, 5.41) is 0. The number of anilines is 1. The number of sulfonamides is 1. The Morgan fingerprint density at radius 1 is 0.662 bits per heavy atom. The SMILES string of the molecule is CC1=CCc2ncc(-c3cccc(S(=O)(=O)N(C)C)c3)cc21.CC1=CCc2ncc(-c3cncc(CC4CN(C)C4)n3)cc21.CC1=CCc2ncc(-c3nccnc3N3CCCC3)cc21. The van der Waals surface area contributed by atoms with Gasteiger partial charge >= 0.3 is 0 Å². The Labute approximate surface area is 383 Å². The number of benzene rings is 1. The lowest BCUT2D eigenvalue weighted by molar-refractivity contribution is 0.134. The molecule has 3 aliphatic carbocycles.